The molecule has 1 aromatic rings. The fraction of sp³-hybridized carbons (Fsp3) is 0.500. The van der Waals surface area contributed by atoms with E-state index in [1.165, 1.54) is 5.56 Å². The maximum absolute atomic E-state index is 5.72. The lowest BCUT2D eigenvalue weighted by atomic mass is 10.2. The predicted molar refractivity (Wildman–Crippen MR) is 70.0 cm³/mol. The van der Waals surface area contributed by atoms with Gasteiger partial charge < -0.3 is 4.43 Å². The van der Waals surface area contributed by atoms with E-state index in [9.17, 15) is 0 Å². The molecule has 15 heavy (non-hydrogen) atoms. The van der Waals surface area contributed by atoms with Crippen LogP contribution in [0.25, 0.3) is 0 Å². The van der Waals surface area contributed by atoms with Gasteiger partial charge >= 0.3 is 9.76 Å². The Balaban J connectivity index is 2.50. The van der Waals surface area contributed by atoms with Crippen molar-refractivity contribution in [2.75, 3.05) is 5.33 Å². The van der Waals surface area contributed by atoms with Crippen LogP contribution in [0.5, 0.6) is 5.75 Å². The second-order valence-corrected chi connectivity index (χ2v) is 7.24. The Bertz CT molecular complexity index is 289. The Morgan fingerprint density at radius 2 is 1.80 bits per heavy atom. The van der Waals surface area contributed by atoms with Crippen LogP contribution >= 0.6 is 15.9 Å². The van der Waals surface area contributed by atoms with E-state index < -0.39 is 0 Å². The first-order valence-electron chi connectivity index (χ1n) is 5.10. The van der Waals surface area contributed by atoms with E-state index >= 15 is 0 Å². The van der Waals surface area contributed by atoms with Crippen molar-refractivity contribution in [3.8, 4) is 5.75 Å². The first-order valence-corrected chi connectivity index (χ1v) is 7.13. The molecular weight excluding hydrogens is 268 g/mol. The third kappa shape index (κ3) is 5.38. The molecule has 0 saturated heterocycles. The molecule has 0 atom stereocenters. The number of hydrogen-bond donors (Lipinski definition) is 0. The number of hydrogen-bond acceptors (Lipinski definition) is 1. The zero-order valence-electron chi connectivity index (χ0n) is 9.51. The zero-order valence-corrected chi connectivity index (χ0v) is 12.1. The third-order valence-corrected chi connectivity index (χ3v) is 3.13. The van der Waals surface area contributed by atoms with Crippen molar-refractivity contribution < 1.29 is 4.43 Å². The predicted octanol–water partition coefficient (Wildman–Crippen LogP) is 3.84. The molecule has 0 unspecified atom stereocenters. The molecule has 0 bridgehead atoms. The Morgan fingerprint density at radius 3 is 2.27 bits per heavy atom. The van der Waals surface area contributed by atoms with Gasteiger partial charge in [-0.2, -0.15) is 0 Å². The fourth-order valence-electron chi connectivity index (χ4n) is 1.05. The first kappa shape index (κ1) is 12.8. The second-order valence-electron chi connectivity index (χ2n) is 4.54. The van der Waals surface area contributed by atoms with Crippen molar-refractivity contribution in [1.29, 1.82) is 0 Å². The largest absolute Gasteiger partial charge is 0.540 e. The topological polar surface area (TPSA) is 9.23 Å². The van der Waals surface area contributed by atoms with Crippen molar-refractivity contribution in [2.45, 2.75) is 32.2 Å². The van der Waals surface area contributed by atoms with Crippen LogP contribution in [0.2, 0.25) is 5.04 Å². The van der Waals surface area contributed by atoms with Gasteiger partial charge in [-0.1, -0.05) is 48.8 Å². The van der Waals surface area contributed by atoms with Gasteiger partial charge in [-0.15, -0.1) is 0 Å². The normalized spacial score (nSPS) is 11.5. The van der Waals surface area contributed by atoms with E-state index in [0.29, 0.717) is 9.76 Å². The Hall–Kier alpha value is -0.283. The molecule has 2 radical (unpaired) electrons. The third-order valence-electron chi connectivity index (χ3n) is 1.78. The highest BCUT2D eigenvalue weighted by molar-refractivity contribution is 9.09. The molecule has 0 amide bonds. The smallest absolute Gasteiger partial charge is 0.316 e. The van der Waals surface area contributed by atoms with Gasteiger partial charge in [-0.25, -0.2) is 0 Å². The minimum Gasteiger partial charge on any atom is -0.540 e. The monoisotopic (exact) mass is 284 g/mol. The van der Waals surface area contributed by atoms with Gasteiger partial charge in [0.25, 0.3) is 0 Å². The molecule has 0 saturated carbocycles. The summed E-state index contributed by atoms with van der Waals surface area (Å²) < 4.78 is 5.72. The Morgan fingerprint density at radius 1 is 1.20 bits per heavy atom. The average Bonchev–Trinajstić information content (AvgIpc) is 2.16. The van der Waals surface area contributed by atoms with Crippen LogP contribution < -0.4 is 4.43 Å². The van der Waals surface area contributed by atoms with E-state index in [1.807, 2.05) is 0 Å². The Labute approximate surface area is 103 Å². The van der Waals surface area contributed by atoms with E-state index in [4.69, 9.17) is 4.43 Å². The summed E-state index contributed by atoms with van der Waals surface area (Å²) in [5, 5.41) is 1.26. The molecule has 0 aliphatic rings. The molecule has 1 nitrogen and oxygen atoms in total. The average molecular weight is 285 g/mol. The van der Waals surface area contributed by atoms with Gasteiger partial charge in [-0.3, -0.25) is 0 Å². The fourth-order valence-corrected chi connectivity index (χ4v) is 2.06. The van der Waals surface area contributed by atoms with Crippen LogP contribution in [-0.2, 0) is 6.42 Å². The standard InChI is InChI=1S/C12H17BrOSi/c1-12(2,3)15-14-11-6-4-10(5-7-11)8-9-13/h4-7H,8-9H2,1-3H3. The van der Waals surface area contributed by atoms with Crippen molar-refractivity contribution >= 4 is 25.7 Å². The van der Waals surface area contributed by atoms with E-state index in [1.54, 1.807) is 0 Å². The Kier molecular flexibility index (Phi) is 4.86. The molecule has 82 valence electrons. The molecule has 0 heterocycles. The molecule has 1 rings (SSSR count). The molecule has 0 aliphatic carbocycles. The zero-order chi connectivity index (χ0) is 11.3. The number of halogens is 1. The number of aryl methyl sites for hydroxylation is 1. The van der Waals surface area contributed by atoms with Gasteiger partial charge in [0.2, 0.25) is 0 Å². The summed E-state index contributed by atoms with van der Waals surface area (Å²) in [6, 6.07) is 8.36. The van der Waals surface area contributed by atoms with Crippen LogP contribution in [0.4, 0.5) is 0 Å². The summed E-state index contributed by atoms with van der Waals surface area (Å²) in [5.74, 6) is 0.974. The maximum Gasteiger partial charge on any atom is 0.316 e. The quantitative estimate of drug-likeness (QED) is 0.603. The number of benzene rings is 1. The van der Waals surface area contributed by atoms with E-state index in [2.05, 4.69) is 61.0 Å². The van der Waals surface area contributed by atoms with Crippen molar-refractivity contribution in [3.05, 3.63) is 29.8 Å². The summed E-state index contributed by atoms with van der Waals surface area (Å²) >= 11 is 3.43. The summed E-state index contributed by atoms with van der Waals surface area (Å²) in [6.45, 7) is 6.56. The first-order chi connectivity index (χ1) is 7.01. The van der Waals surface area contributed by atoms with E-state index in [-0.39, 0.29) is 5.04 Å². The molecule has 0 aromatic heterocycles. The van der Waals surface area contributed by atoms with E-state index in [0.717, 1.165) is 17.5 Å². The van der Waals surface area contributed by atoms with Crippen LogP contribution in [0.3, 0.4) is 0 Å². The minimum atomic E-state index is 0.245. The number of rotatable bonds is 4. The van der Waals surface area contributed by atoms with Crippen LogP contribution in [0.1, 0.15) is 26.3 Å². The highest BCUT2D eigenvalue weighted by atomic mass is 79.9. The molecular formula is C12H17BrOSi. The lowest BCUT2D eigenvalue weighted by Gasteiger charge is -2.16. The SMILES string of the molecule is CC(C)(C)[Si]Oc1ccc(CCBr)cc1. The summed E-state index contributed by atoms with van der Waals surface area (Å²) in [4.78, 5) is 0. The van der Waals surface area contributed by atoms with Gasteiger partial charge in [0.05, 0.1) is 0 Å². The van der Waals surface area contributed by atoms with Crippen LogP contribution in [0.15, 0.2) is 24.3 Å². The molecule has 3 heteroatoms. The maximum atomic E-state index is 5.72. The summed E-state index contributed by atoms with van der Waals surface area (Å²) in [5.41, 5.74) is 1.35. The molecule has 0 spiro atoms. The highest BCUT2D eigenvalue weighted by Crippen LogP contribution is 2.22. The van der Waals surface area contributed by atoms with Gasteiger partial charge in [0.1, 0.15) is 5.75 Å². The molecule has 0 fully saturated rings. The summed E-state index contributed by atoms with van der Waals surface area (Å²) in [7, 11) is 0.507. The molecule has 1 aromatic carbocycles. The number of alkyl halides is 1. The van der Waals surface area contributed by atoms with Crippen molar-refractivity contribution in [3.63, 3.8) is 0 Å². The minimum absolute atomic E-state index is 0.245. The van der Waals surface area contributed by atoms with Gasteiger partial charge in [0, 0.05) is 5.33 Å². The van der Waals surface area contributed by atoms with Crippen molar-refractivity contribution in [1.82, 2.24) is 0 Å². The van der Waals surface area contributed by atoms with Crippen molar-refractivity contribution in [2.24, 2.45) is 0 Å². The highest BCUT2D eigenvalue weighted by Gasteiger charge is 2.14. The van der Waals surface area contributed by atoms with Gasteiger partial charge in [-0.05, 0) is 29.2 Å². The van der Waals surface area contributed by atoms with Crippen LogP contribution in [-0.4, -0.2) is 15.1 Å². The second kappa shape index (κ2) is 5.71. The van der Waals surface area contributed by atoms with Gasteiger partial charge in [0.15, 0.2) is 0 Å². The summed E-state index contributed by atoms with van der Waals surface area (Å²) in [6.07, 6.45) is 1.07. The lowest BCUT2D eigenvalue weighted by Crippen LogP contribution is -2.15. The van der Waals surface area contributed by atoms with Crippen LogP contribution in [0, 0.1) is 0 Å². The molecule has 0 aliphatic heterocycles. The lowest BCUT2D eigenvalue weighted by molar-refractivity contribution is 0.544. The molecule has 0 N–H and O–H groups in total.